The summed E-state index contributed by atoms with van der Waals surface area (Å²) in [7, 11) is 0. The number of fused-ring (bicyclic) bond motifs is 1. The number of rotatable bonds is 3. The Morgan fingerprint density at radius 2 is 2.05 bits per heavy atom. The van der Waals surface area contributed by atoms with E-state index in [1.165, 1.54) is 6.07 Å². The SMILES string of the molecule is O=C1CCc2cc(NCc3ccc(Cl)cc3F)ccc2N1. The van der Waals surface area contributed by atoms with Gasteiger partial charge in [-0.1, -0.05) is 17.7 Å². The zero-order valence-corrected chi connectivity index (χ0v) is 12.0. The van der Waals surface area contributed by atoms with Gasteiger partial charge in [0.25, 0.3) is 0 Å². The van der Waals surface area contributed by atoms with Gasteiger partial charge in [0, 0.05) is 34.9 Å². The molecule has 2 aromatic carbocycles. The normalized spacial score (nSPS) is 13.5. The molecule has 0 aromatic heterocycles. The minimum absolute atomic E-state index is 0.0476. The molecule has 0 aliphatic carbocycles. The van der Waals surface area contributed by atoms with Crippen molar-refractivity contribution in [3.63, 3.8) is 0 Å². The number of aryl methyl sites for hydroxylation is 1. The lowest BCUT2D eigenvalue weighted by Gasteiger charge is -2.18. The van der Waals surface area contributed by atoms with Crippen LogP contribution in [-0.4, -0.2) is 5.91 Å². The van der Waals surface area contributed by atoms with E-state index in [0.29, 0.717) is 23.6 Å². The molecular weight excluding hydrogens is 291 g/mol. The second-order valence-corrected chi connectivity index (χ2v) is 5.45. The van der Waals surface area contributed by atoms with Gasteiger partial charge in [0.1, 0.15) is 5.82 Å². The molecule has 0 spiro atoms. The third-order valence-electron chi connectivity index (χ3n) is 3.50. The Morgan fingerprint density at radius 3 is 2.86 bits per heavy atom. The molecule has 0 bridgehead atoms. The standard InChI is InChI=1S/C16H14ClFN2O/c17-12-3-1-11(14(18)8-12)9-19-13-4-5-15-10(7-13)2-6-16(21)20-15/h1,3-5,7-8,19H,2,6,9H2,(H,20,21). The van der Waals surface area contributed by atoms with Crippen molar-refractivity contribution in [1.82, 2.24) is 0 Å². The van der Waals surface area contributed by atoms with Crippen molar-refractivity contribution in [3.05, 3.63) is 58.4 Å². The Morgan fingerprint density at radius 1 is 1.19 bits per heavy atom. The molecule has 0 saturated carbocycles. The molecule has 3 rings (SSSR count). The number of carbonyl (C=O) groups is 1. The molecule has 1 heterocycles. The maximum Gasteiger partial charge on any atom is 0.224 e. The van der Waals surface area contributed by atoms with Gasteiger partial charge >= 0.3 is 0 Å². The summed E-state index contributed by atoms with van der Waals surface area (Å²) in [5, 5.41) is 6.41. The lowest BCUT2D eigenvalue weighted by atomic mass is 10.0. The number of hydrogen-bond donors (Lipinski definition) is 2. The van der Waals surface area contributed by atoms with E-state index in [4.69, 9.17) is 11.6 Å². The summed E-state index contributed by atoms with van der Waals surface area (Å²) in [4.78, 5) is 11.3. The van der Waals surface area contributed by atoms with Crippen LogP contribution >= 0.6 is 11.6 Å². The van der Waals surface area contributed by atoms with Gasteiger partial charge in [-0.25, -0.2) is 4.39 Å². The fraction of sp³-hybridized carbons (Fsp3) is 0.188. The number of anilines is 2. The number of amides is 1. The first-order valence-corrected chi connectivity index (χ1v) is 7.10. The summed E-state index contributed by atoms with van der Waals surface area (Å²) in [5.41, 5.74) is 3.41. The van der Waals surface area contributed by atoms with Gasteiger partial charge in [-0.3, -0.25) is 4.79 Å². The molecule has 5 heteroatoms. The number of halogens is 2. The topological polar surface area (TPSA) is 41.1 Å². The van der Waals surface area contributed by atoms with E-state index in [2.05, 4.69) is 10.6 Å². The molecular formula is C16H14ClFN2O. The summed E-state index contributed by atoms with van der Waals surface area (Å²) in [6, 6.07) is 10.4. The molecule has 0 saturated heterocycles. The van der Waals surface area contributed by atoms with Gasteiger partial charge < -0.3 is 10.6 Å². The van der Waals surface area contributed by atoms with Gasteiger partial charge in [0.05, 0.1) is 0 Å². The van der Waals surface area contributed by atoms with Crippen LogP contribution < -0.4 is 10.6 Å². The fourth-order valence-electron chi connectivity index (χ4n) is 2.36. The molecule has 0 unspecified atom stereocenters. The van der Waals surface area contributed by atoms with E-state index in [-0.39, 0.29) is 11.7 Å². The van der Waals surface area contributed by atoms with Gasteiger partial charge in [0.2, 0.25) is 5.91 Å². The first-order valence-electron chi connectivity index (χ1n) is 6.72. The molecule has 2 aromatic rings. The van der Waals surface area contributed by atoms with Crippen LogP contribution in [0.2, 0.25) is 5.02 Å². The second kappa shape index (κ2) is 5.74. The summed E-state index contributed by atoms with van der Waals surface area (Å²) in [5.74, 6) is -0.272. The first-order chi connectivity index (χ1) is 10.1. The summed E-state index contributed by atoms with van der Waals surface area (Å²) >= 11 is 5.73. The number of benzene rings is 2. The molecule has 3 nitrogen and oxygen atoms in total. The maximum atomic E-state index is 13.7. The number of carbonyl (C=O) groups excluding carboxylic acids is 1. The van der Waals surface area contributed by atoms with Gasteiger partial charge in [-0.05, 0) is 42.3 Å². The van der Waals surface area contributed by atoms with Crippen LogP contribution in [0.4, 0.5) is 15.8 Å². The average Bonchev–Trinajstić information content (AvgIpc) is 2.46. The molecule has 1 aliphatic rings. The Labute approximate surface area is 127 Å². The largest absolute Gasteiger partial charge is 0.381 e. The van der Waals surface area contributed by atoms with Crippen LogP contribution in [0.3, 0.4) is 0 Å². The smallest absolute Gasteiger partial charge is 0.224 e. The molecule has 0 fully saturated rings. The van der Waals surface area contributed by atoms with Gasteiger partial charge in [-0.2, -0.15) is 0 Å². The number of hydrogen-bond acceptors (Lipinski definition) is 2. The van der Waals surface area contributed by atoms with E-state index in [9.17, 15) is 9.18 Å². The van der Waals surface area contributed by atoms with Gasteiger partial charge in [0.15, 0.2) is 0 Å². The minimum Gasteiger partial charge on any atom is -0.381 e. The maximum absolute atomic E-state index is 13.7. The zero-order chi connectivity index (χ0) is 14.8. The molecule has 0 atom stereocenters. The van der Waals surface area contributed by atoms with Gasteiger partial charge in [-0.15, -0.1) is 0 Å². The van der Waals surface area contributed by atoms with Crippen molar-refractivity contribution in [2.75, 3.05) is 10.6 Å². The van der Waals surface area contributed by atoms with Crippen molar-refractivity contribution in [3.8, 4) is 0 Å². The highest BCUT2D eigenvalue weighted by Gasteiger charge is 2.14. The monoisotopic (exact) mass is 304 g/mol. The van der Waals surface area contributed by atoms with E-state index in [1.54, 1.807) is 12.1 Å². The van der Waals surface area contributed by atoms with Crippen LogP contribution in [-0.2, 0) is 17.8 Å². The van der Waals surface area contributed by atoms with Crippen molar-refractivity contribution in [2.45, 2.75) is 19.4 Å². The molecule has 108 valence electrons. The van der Waals surface area contributed by atoms with Crippen LogP contribution in [0.15, 0.2) is 36.4 Å². The average molecular weight is 305 g/mol. The lowest BCUT2D eigenvalue weighted by molar-refractivity contribution is -0.116. The summed E-state index contributed by atoms with van der Waals surface area (Å²) < 4.78 is 13.7. The molecule has 1 aliphatic heterocycles. The number of nitrogens with one attached hydrogen (secondary N) is 2. The minimum atomic E-state index is -0.319. The van der Waals surface area contributed by atoms with E-state index >= 15 is 0 Å². The van der Waals surface area contributed by atoms with Crippen LogP contribution in [0, 0.1) is 5.82 Å². The van der Waals surface area contributed by atoms with Crippen molar-refractivity contribution < 1.29 is 9.18 Å². The highest BCUT2D eigenvalue weighted by Crippen LogP contribution is 2.26. The van der Waals surface area contributed by atoms with Crippen LogP contribution in [0.1, 0.15) is 17.5 Å². The predicted octanol–water partition coefficient (Wildman–Crippen LogP) is 3.98. The highest BCUT2D eigenvalue weighted by molar-refractivity contribution is 6.30. The third kappa shape index (κ3) is 3.16. The Hall–Kier alpha value is -2.07. The highest BCUT2D eigenvalue weighted by atomic mass is 35.5. The summed E-state index contributed by atoms with van der Waals surface area (Å²) in [6.07, 6.45) is 1.23. The second-order valence-electron chi connectivity index (χ2n) is 5.01. The van der Waals surface area contributed by atoms with Crippen molar-refractivity contribution in [1.29, 1.82) is 0 Å². The Kier molecular flexibility index (Phi) is 3.80. The first kappa shape index (κ1) is 13.9. The molecule has 21 heavy (non-hydrogen) atoms. The van der Waals surface area contributed by atoms with Crippen molar-refractivity contribution >= 4 is 28.9 Å². The molecule has 2 N–H and O–H groups in total. The van der Waals surface area contributed by atoms with Crippen LogP contribution in [0.5, 0.6) is 0 Å². The molecule has 0 radical (unpaired) electrons. The quantitative estimate of drug-likeness (QED) is 0.900. The summed E-state index contributed by atoms with van der Waals surface area (Å²) in [6.45, 7) is 0.383. The van der Waals surface area contributed by atoms with Crippen molar-refractivity contribution in [2.24, 2.45) is 0 Å². The molecule has 1 amide bonds. The predicted molar refractivity (Wildman–Crippen MR) is 82.1 cm³/mol. The third-order valence-corrected chi connectivity index (χ3v) is 3.73. The fourth-order valence-corrected chi connectivity index (χ4v) is 2.51. The lowest BCUT2D eigenvalue weighted by Crippen LogP contribution is -2.19. The van der Waals surface area contributed by atoms with E-state index in [1.807, 2.05) is 18.2 Å². The Bertz CT molecular complexity index is 703. The van der Waals surface area contributed by atoms with Crippen LogP contribution in [0.25, 0.3) is 0 Å². The van der Waals surface area contributed by atoms with E-state index in [0.717, 1.165) is 23.4 Å². The Balaban J connectivity index is 1.72. The zero-order valence-electron chi connectivity index (χ0n) is 11.2. The van der Waals surface area contributed by atoms with E-state index < -0.39 is 0 Å².